The van der Waals surface area contributed by atoms with Gasteiger partial charge < -0.3 is 9.47 Å². The first-order valence-electron chi connectivity index (χ1n) is 10.0. The van der Waals surface area contributed by atoms with Crippen LogP contribution < -0.4 is 12.6 Å². The van der Waals surface area contributed by atoms with Gasteiger partial charge in [0.1, 0.15) is 10.6 Å². The Kier molecular flexibility index (Phi) is 6.40. The molecule has 0 aliphatic carbocycles. The van der Waals surface area contributed by atoms with Crippen molar-refractivity contribution in [3.05, 3.63) is 60.2 Å². The Morgan fingerprint density at radius 3 is 2.61 bits per heavy atom. The molecule has 11 heteroatoms. The minimum Gasteiger partial charge on any atom is -0.495 e. The SMILES string of the molecule is COc1cc(N(I)C(=O)C2CC3C=CC2O3)ccc1S(=O)(=O)Nc1cccc(C(C)(F)F)c1. The number of amides is 1. The summed E-state index contributed by atoms with van der Waals surface area (Å²) >= 11 is 1.87. The van der Waals surface area contributed by atoms with Gasteiger partial charge in [0.05, 0.1) is 53.8 Å². The summed E-state index contributed by atoms with van der Waals surface area (Å²) in [4.78, 5) is 12.8. The van der Waals surface area contributed by atoms with Gasteiger partial charge >= 0.3 is 0 Å². The second-order valence-electron chi connectivity index (χ2n) is 7.90. The van der Waals surface area contributed by atoms with E-state index < -0.39 is 15.9 Å². The van der Waals surface area contributed by atoms with Crippen LogP contribution >= 0.6 is 22.9 Å². The molecule has 4 rings (SSSR count). The molecule has 1 fully saturated rings. The highest BCUT2D eigenvalue weighted by Crippen LogP contribution is 2.38. The molecule has 3 atom stereocenters. The lowest BCUT2D eigenvalue weighted by molar-refractivity contribution is -0.121. The van der Waals surface area contributed by atoms with Crippen molar-refractivity contribution in [1.29, 1.82) is 0 Å². The van der Waals surface area contributed by atoms with E-state index in [9.17, 15) is 22.0 Å². The molecule has 7 nitrogen and oxygen atoms in total. The summed E-state index contributed by atoms with van der Waals surface area (Å²) < 4.78 is 67.8. The zero-order valence-corrected chi connectivity index (χ0v) is 20.6. The molecule has 2 aliphatic rings. The van der Waals surface area contributed by atoms with E-state index in [1.807, 2.05) is 35.0 Å². The lowest BCUT2D eigenvalue weighted by Gasteiger charge is -2.22. The van der Waals surface area contributed by atoms with Crippen LogP contribution in [0.15, 0.2) is 59.5 Å². The van der Waals surface area contributed by atoms with Crippen LogP contribution in [0.25, 0.3) is 0 Å². The van der Waals surface area contributed by atoms with Crippen molar-refractivity contribution in [2.24, 2.45) is 5.92 Å². The minimum absolute atomic E-state index is 0.00445. The number of carbonyl (C=O) groups is 1. The predicted molar refractivity (Wildman–Crippen MR) is 127 cm³/mol. The van der Waals surface area contributed by atoms with Gasteiger partial charge in [0.25, 0.3) is 15.9 Å². The number of methoxy groups -OCH3 is 1. The zero-order chi connectivity index (χ0) is 24.0. The van der Waals surface area contributed by atoms with Gasteiger partial charge in [0.2, 0.25) is 5.91 Å². The van der Waals surface area contributed by atoms with Crippen molar-refractivity contribution in [2.75, 3.05) is 14.9 Å². The van der Waals surface area contributed by atoms with Gasteiger partial charge in [-0.2, -0.15) is 0 Å². The highest BCUT2D eigenvalue weighted by Gasteiger charge is 2.42. The number of sulfonamides is 1. The number of hydrogen-bond acceptors (Lipinski definition) is 5. The number of benzene rings is 2. The normalized spacial score (nSPS) is 21.8. The molecule has 0 radical (unpaired) electrons. The first kappa shape index (κ1) is 23.9. The molecule has 1 saturated heterocycles. The van der Waals surface area contributed by atoms with Gasteiger partial charge in [-0.25, -0.2) is 17.2 Å². The number of alkyl halides is 2. The fourth-order valence-corrected chi connectivity index (χ4v) is 5.71. The molecule has 2 aliphatic heterocycles. The number of rotatable bonds is 7. The lowest BCUT2D eigenvalue weighted by atomic mass is 9.93. The summed E-state index contributed by atoms with van der Waals surface area (Å²) in [6.07, 6.45) is 4.12. The van der Waals surface area contributed by atoms with Crippen LogP contribution in [0.2, 0.25) is 0 Å². The maximum Gasteiger partial charge on any atom is 0.270 e. The molecule has 2 aromatic carbocycles. The average molecular weight is 590 g/mol. The number of nitrogens with one attached hydrogen (secondary N) is 1. The molecular weight excluding hydrogens is 569 g/mol. The van der Waals surface area contributed by atoms with Crippen LogP contribution in [0.3, 0.4) is 0 Å². The average Bonchev–Trinajstić information content (AvgIpc) is 3.40. The molecule has 1 N–H and O–H groups in total. The van der Waals surface area contributed by atoms with Gasteiger partial charge in [-0.15, -0.1) is 0 Å². The van der Waals surface area contributed by atoms with E-state index >= 15 is 0 Å². The summed E-state index contributed by atoms with van der Waals surface area (Å²) in [5.41, 5.74) is 0.120. The van der Waals surface area contributed by atoms with Crippen molar-refractivity contribution in [1.82, 2.24) is 0 Å². The highest BCUT2D eigenvalue weighted by atomic mass is 127. The molecule has 3 unspecified atom stereocenters. The summed E-state index contributed by atoms with van der Waals surface area (Å²) in [5.74, 6) is -3.57. The van der Waals surface area contributed by atoms with Crippen molar-refractivity contribution < 1.29 is 31.5 Å². The largest absolute Gasteiger partial charge is 0.495 e. The van der Waals surface area contributed by atoms with Crippen LogP contribution in [0, 0.1) is 5.92 Å². The summed E-state index contributed by atoms with van der Waals surface area (Å²) in [6.45, 7) is 0.735. The lowest BCUT2D eigenvalue weighted by Crippen LogP contribution is -2.33. The Morgan fingerprint density at radius 1 is 1.24 bits per heavy atom. The Balaban J connectivity index is 1.57. The molecular formula is C22H21F2IN2O5S. The maximum atomic E-state index is 13.6. The fourth-order valence-electron chi connectivity index (χ4n) is 3.85. The fraction of sp³-hybridized carbons (Fsp3) is 0.318. The first-order chi connectivity index (χ1) is 15.5. The molecule has 33 heavy (non-hydrogen) atoms. The second-order valence-corrected chi connectivity index (χ2v) is 10.5. The van der Waals surface area contributed by atoms with E-state index in [0.717, 1.165) is 13.0 Å². The predicted octanol–water partition coefficient (Wildman–Crippen LogP) is 4.63. The number of hydrogen-bond donors (Lipinski definition) is 1. The minimum atomic E-state index is -4.16. The monoisotopic (exact) mass is 590 g/mol. The molecule has 0 aromatic heterocycles. The van der Waals surface area contributed by atoms with Crippen LogP contribution in [-0.2, 0) is 25.5 Å². The molecule has 0 saturated carbocycles. The van der Waals surface area contributed by atoms with Crippen molar-refractivity contribution in [3.8, 4) is 5.75 Å². The van der Waals surface area contributed by atoms with Gasteiger partial charge in [-0.1, -0.05) is 24.3 Å². The third-order valence-corrected chi connectivity index (χ3v) is 7.98. The quantitative estimate of drug-likeness (QED) is 0.289. The van der Waals surface area contributed by atoms with Crippen molar-refractivity contribution in [3.63, 3.8) is 0 Å². The molecule has 176 valence electrons. The van der Waals surface area contributed by atoms with E-state index in [2.05, 4.69) is 4.72 Å². The van der Waals surface area contributed by atoms with Crippen LogP contribution in [-0.4, -0.2) is 33.6 Å². The third kappa shape index (κ3) is 4.85. The van der Waals surface area contributed by atoms with E-state index in [-0.39, 0.29) is 45.9 Å². The molecule has 0 spiro atoms. The summed E-state index contributed by atoms with van der Waals surface area (Å²) in [6, 6.07) is 9.27. The van der Waals surface area contributed by atoms with Gasteiger partial charge in [0.15, 0.2) is 0 Å². The summed E-state index contributed by atoms with van der Waals surface area (Å²) in [5, 5.41) is 0. The molecule has 1 amide bonds. The third-order valence-electron chi connectivity index (χ3n) is 5.53. The number of anilines is 2. The van der Waals surface area contributed by atoms with E-state index in [1.54, 1.807) is 0 Å². The number of ether oxygens (including phenoxy) is 2. The molecule has 2 aromatic rings. The van der Waals surface area contributed by atoms with Crippen molar-refractivity contribution >= 4 is 50.2 Å². The Hall–Kier alpha value is -2.25. The smallest absolute Gasteiger partial charge is 0.270 e. The highest BCUT2D eigenvalue weighted by molar-refractivity contribution is 14.1. The van der Waals surface area contributed by atoms with Crippen LogP contribution in [0.1, 0.15) is 18.9 Å². The van der Waals surface area contributed by atoms with E-state index in [4.69, 9.17) is 9.47 Å². The topological polar surface area (TPSA) is 84.9 Å². The number of halogens is 3. The Labute approximate surface area is 204 Å². The number of carbonyl (C=O) groups excluding carboxylic acids is 1. The van der Waals surface area contributed by atoms with E-state index in [1.165, 1.54) is 46.6 Å². The Morgan fingerprint density at radius 2 is 2.00 bits per heavy atom. The van der Waals surface area contributed by atoms with Crippen LogP contribution in [0.4, 0.5) is 20.2 Å². The maximum absolute atomic E-state index is 13.6. The first-order valence-corrected chi connectivity index (χ1v) is 12.5. The van der Waals surface area contributed by atoms with Gasteiger partial charge in [0, 0.05) is 24.2 Å². The van der Waals surface area contributed by atoms with Gasteiger partial charge in [-0.05, 0) is 30.7 Å². The Bertz CT molecular complexity index is 1220. The van der Waals surface area contributed by atoms with Gasteiger partial charge in [-0.3, -0.25) is 12.6 Å². The molecule has 2 heterocycles. The number of nitrogens with zero attached hydrogens (tertiary/aromatic N) is 1. The number of fused-ring (bicyclic) bond motifs is 2. The standard InChI is InChI=1S/C22H21F2IN2O5S/c1-22(23,24)13-4-3-5-14(10-13)26-33(29,30)20-9-6-15(11-19(20)31-2)27(25)21(28)17-12-16-7-8-18(17)32-16/h3-11,16-18,26H,12H2,1-2H3. The van der Waals surface area contributed by atoms with Crippen molar-refractivity contribution in [2.45, 2.75) is 36.4 Å². The van der Waals surface area contributed by atoms with E-state index in [0.29, 0.717) is 12.1 Å². The summed E-state index contributed by atoms with van der Waals surface area (Å²) in [7, 11) is -2.85. The zero-order valence-electron chi connectivity index (χ0n) is 17.7. The van der Waals surface area contributed by atoms with Crippen LogP contribution in [0.5, 0.6) is 5.75 Å². The second kappa shape index (κ2) is 8.84. The molecule has 2 bridgehead atoms.